The molecule has 7 N–H and O–H groups in total. The van der Waals surface area contributed by atoms with Crippen molar-refractivity contribution in [2.45, 2.75) is 19.3 Å². The zero-order valence-electron chi connectivity index (χ0n) is 7.57. The van der Waals surface area contributed by atoms with Crippen LogP contribution in [0.25, 0.3) is 0 Å². The third kappa shape index (κ3) is 5.08. The van der Waals surface area contributed by atoms with Gasteiger partial charge in [0.1, 0.15) is 0 Å². The highest BCUT2D eigenvalue weighted by molar-refractivity contribution is 5.70. The molecule has 0 bridgehead atoms. The first-order valence-corrected chi connectivity index (χ1v) is 4.21. The van der Waals surface area contributed by atoms with E-state index in [0.717, 1.165) is 0 Å². The Hall–Kier alpha value is -1.23. The van der Waals surface area contributed by atoms with Crippen molar-refractivity contribution in [2.24, 2.45) is 23.1 Å². The molecular weight excluding hydrogens is 170 g/mol. The number of aliphatic carboxylic acids is 1. The highest BCUT2D eigenvalue weighted by atomic mass is 16.4. The summed E-state index contributed by atoms with van der Waals surface area (Å²) in [4.78, 5) is 10.7. The highest BCUT2D eigenvalue weighted by Gasteiger charge is 2.17. The monoisotopic (exact) mass is 187 g/mol. The van der Waals surface area contributed by atoms with Crippen molar-refractivity contribution in [3.8, 4) is 0 Å². The molecule has 5 nitrogen and oxygen atoms in total. The fraction of sp³-hybridized carbons (Fsp3) is 0.625. The Labute approximate surface area is 77.6 Å². The third-order valence-electron chi connectivity index (χ3n) is 1.80. The van der Waals surface area contributed by atoms with Gasteiger partial charge in [0.2, 0.25) is 0 Å². The molecule has 0 radical (unpaired) electrons. The van der Waals surface area contributed by atoms with E-state index < -0.39 is 11.9 Å². The highest BCUT2D eigenvalue weighted by Crippen LogP contribution is 2.13. The molecule has 0 fully saturated rings. The van der Waals surface area contributed by atoms with Crippen molar-refractivity contribution >= 4 is 5.97 Å². The minimum atomic E-state index is -0.849. The van der Waals surface area contributed by atoms with Crippen molar-refractivity contribution in [1.29, 1.82) is 0 Å². The zero-order valence-corrected chi connectivity index (χ0v) is 7.57. The van der Waals surface area contributed by atoms with Gasteiger partial charge in [-0.2, -0.15) is 0 Å². The fourth-order valence-electron chi connectivity index (χ4n) is 1.03. The molecule has 0 rings (SSSR count). The Morgan fingerprint density at radius 3 is 2.54 bits per heavy atom. The number of carbonyl (C=O) groups is 1. The molecule has 0 aromatic rings. The topological polar surface area (TPSA) is 115 Å². The van der Waals surface area contributed by atoms with Gasteiger partial charge in [0.15, 0.2) is 0 Å². The maximum atomic E-state index is 10.7. The molecular formula is C8H17N3O2. The van der Waals surface area contributed by atoms with Gasteiger partial charge in [0.05, 0.1) is 5.92 Å². The van der Waals surface area contributed by atoms with E-state index >= 15 is 0 Å². The molecule has 5 heteroatoms. The number of allylic oxidation sites excluding steroid dienone is 1. The largest absolute Gasteiger partial charge is 0.481 e. The molecule has 0 amide bonds. The first-order chi connectivity index (χ1) is 6.11. The summed E-state index contributed by atoms with van der Waals surface area (Å²) in [5, 5.41) is 8.78. The minimum Gasteiger partial charge on any atom is -0.481 e. The van der Waals surface area contributed by atoms with Crippen LogP contribution in [0, 0.1) is 5.92 Å². The van der Waals surface area contributed by atoms with Crippen LogP contribution >= 0.6 is 0 Å². The Kier molecular flexibility index (Phi) is 5.71. The quantitative estimate of drug-likeness (QED) is 0.450. The van der Waals surface area contributed by atoms with E-state index in [0.29, 0.717) is 31.5 Å². The summed E-state index contributed by atoms with van der Waals surface area (Å²) in [6, 6.07) is 0. The predicted octanol–water partition coefficient (Wildman–Crippen LogP) is -0.425. The number of hydrogen-bond acceptors (Lipinski definition) is 4. The van der Waals surface area contributed by atoms with Crippen LogP contribution in [-0.2, 0) is 4.79 Å². The summed E-state index contributed by atoms with van der Waals surface area (Å²) < 4.78 is 0. The van der Waals surface area contributed by atoms with Crippen molar-refractivity contribution in [3.63, 3.8) is 0 Å². The number of carboxylic acids is 1. The Bertz CT molecular complexity index is 192. The van der Waals surface area contributed by atoms with Gasteiger partial charge in [0.25, 0.3) is 0 Å². The molecule has 0 aliphatic carbocycles. The number of carboxylic acid groups (broad SMARTS) is 1. The fourth-order valence-corrected chi connectivity index (χ4v) is 1.03. The van der Waals surface area contributed by atoms with Crippen LogP contribution in [0.1, 0.15) is 19.3 Å². The van der Waals surface area contributed by atoms with Gasteiger partial charge in [-0.25, -0.2) is 0 Å². The van der Waals surface area contributed by atoms with Crippen LogP contribution in [-0.4, -0.2) is 17.6 Å². The first-order valence-electron chi connectivity index (χ1n) is 4.21. The molecule has 0 aliphatic rings. The SMILES string of the molecule is N/C=C(\N)CC(CCCN)C(=O)O. The van der Waals surface area contributed by atoms with E-state index in [2.05, 4.69) is 0 Å². The molecule has 0 aromatic heterocycles. The summed E-state index contributed by atoms with van der Waals surface area (Å²) in [6.45, 7) is 0.496. The van der Waals surface area contributed by atoms with E-state index in [-0.39, 0.29) is 0 Å². The first kappa shape index (κ1) is 11.8. The molecule has 13 heavy (non-hydrogen) atoms. The van der Waals surface area contributed by atoms with Gasteiger partial charge in [-0.15, -0.1) is 0 Å². The number of hydrogen-bond donors (Lipinski definition) is 4. The van der Waals surface area contributed by atoms with Crippen LogP contribution in [0.5, 0.6) is 0 Å². The second-order valence-electron chi connectivity index (χ2n) is 2.91. The minimum absolute atomic E-state index is 0.297. The zero-order chi connectivity index (χ0) is 10.3. The molecule has 0 aromatic carbocycles. The maximum Gasteiger partial charge on any atom is 0.306 e. The van der Waals surface area contributed by atoms with E-state index in [4.69, 9.17) is 22.3 Å². The smallest absolute Gasteiger partial charge is 0.306 e. The van der Waals surface area contributed by atoms with Gasteiger partial charge in [0, 0.05) is 18.3 Å². The van der Waals surface area contributed by atoms with Crippen LogP contribution in [0.3, 0.4) is 0 Å². The summed E-state index contributed by atoms with van der Waals surface area (Å²) in [7, 11) is 0. The number of rotatable bonds is 6. The van der Waals surface area contributed by atoms with Crippen LogP contribution < -0.4 is 17.2 Å². The lowest BCUT2D eigenvalue weighted by Crippen LogP contribution is -2.18. The summed E-state index contributed by atoms with van der Waals surface area (Å²) in [6.07, 6.45) is 2.76. The second-order valence-corrected chi connectivity index (χ2v) is 2.91. The second kappa shape index (κ2) is 6.30. The van der Waals surface area contributed by atoms with Gasteiger partial charge in [-0.1, -0.05) is 0 Å². The van der Waals surface area contributed by atoms with E-state index in [9.17, 15) is 4.79 Å². The molecule has 0 heterocycles. The predicted molar refractivity (Wildman–Crippen MR) is 50.5 cm³/mol. The molecule has 76 valence electrons. The van der Waals surface area contributed by atoms with Gasteiger partial charge in [-0.3, -0.25) is 4.79 Å². The maximum absolute atomic E-state index is 10.7. The average Bonchev–Trinajstić information content (AvgIpc) is 2.11. The van der Waals surface area contributed by atoms with E-state index in [1.54, 1.807) is 0 Å². The molecule has 0 aliphatic heterocycles. The lowest BCUT2D eigenvalue weighted by atomic mass is 9.98. The summed E-state index contributed by atoms with van der Waals surface area (Å²) >= 11 is 0. The lowest BCUT2D eigenvalue weighted by Gasteiger charge is -2.10. The third-order valence-corrected chi connectivity index (χ3v) is 1.80. The van der Waals surface area contributed by atoms with Crippen molar-refractivity contribution in [2.75, 3.05) is 6.54 Å². The van der Waals surface area contributed by atoms with Gasteiger partial charge < -0.3 is 22.3 Å². The average molecular weight is 187 g/mol. The molecule has 0 saturated carbocycles. The molecule has 0 spiro atoms. The van der Waals surface area contributed by atoms with Crippen molar-refractivity contribution in [3.05, 3.63) is 11.9 Å². The van der Waals surface area contributed by atoms with Crippen LogP contribution in [0.4, 0.5) is 0 Å². The Balaban J connectivity index is 4.02. The molecule has 1 atom stereocenters. The van der Waals surface area contributed by atoms with E-state index in [1.807, 2.05) is 0 Å². The van der Waals surface area contributed by atoms with E-state index in [1.165, 1.54) is 6.20 Å². The molecule has 1 unspecified atom stereocenters. The summed E-state index contributed by atoms with van der Waals surface area (Å²) in [5.74, 6) is -1.32. The van der Waals surface area contributed by atoms with Crippen molar-refractivity contribution < 1.29 is 9.90 Å². The number of nitrogens with two attached hydrogens (primary N) is 3. The van der Waals surface area contributed by atoms with Gasteiger partial charge >= 0.3 is 5.97 Å². The Morgan fingerprint density at radius 1 is 1.54 bits per heavy atom. The van der Waals surface area contributed by atoms with Crippen molar-refractivity contribution in [1.82, 2.24) is 0 Å². The summed E-state index contributed by atoms with van der Waals surface area (Å²) in [5.41, 5.74) is 16.3. The Morgan fingerprint density at radius 2 is 2.15 bits per heavy atom. The molecule has 0 saturated heterocycles. The normalized spacial score (nSPS) is 14.1. The van der Waals surface area contributed by atoms with Crippen LogP contribution in [0.15, 0.2) is 11.9 Å². The van der Waals surface area contributed by atoms with Crippen LogP contribution in [0.2, 0.25) is 0 Å². The van der Waals surface area contributed by atoms with Gasteiger partial charge in [-0.05, 0) is 19.4 Å². The lowest BCUT2D eigenvalue weighted by molar-refractivity contribution is -0.141. The standard InChI is InChI=1S/C8H17N3O2/c9-3-1-2-6(8(12)13)4-7(11)5-10/h5-6H,1-4,9-11H2,(H,12,13)/b7-5-.